The van der Waals surface area contributed by atoms with Gasteiger partial charge in [-0.2, -0.15) is 0 Å². The monoisotopic (exact) mass is 313 g/mol. The van der Waals surface area contributed by atoms with Crippen LogP contribution in [0, 0.1) is 0 Å². The van der Waals surface area contributed by atoms with Gasteiger partial charge in [0, 0.05) is 6.04 Å². The zero-order chi connectivity index (χ0) is 16.0. The van der Waals surface area contributed by atoms with E-state index < -0.39 is 15.9 Å². The number of aliphatic hydroxyl groups is 1. The average molecular weight is 313 g/mol. The molecule has 0 bridgehead atoms. The normalized spacial score (nSPS) is 16.4. The maximum Gasteiger partial charge on any atom is 0.178 e. The maximum atomic E-state index is 11.8. The lowest BCUT2D eigenvalue weighted by molar-refractivity contribution is 0.124. The molecule has 1 rings (SSSR count). The topological polar surface area (TPSA) is 80.4 Å². The van der Waals surface area contributed by atoms with Crippen LogP contribution in [0.25, 0.3) is 0 Å². The largest absolute Gasteiger partial charge is 0.391 e. The van der Waals surface area contributed by atoms with Crippen molar-refractivity contribution in [2.75, 3.05) is 5.75 Å². The highest BCUT2D eigenvalue weighted by atomic mass is 32.2. The molecule has 4 nitrogen and oxygen atoms in total. The molecule has 120 valence electrons. The maximum absolute atomic E-state index is 11.8. The predicted molar refractivity (Wildman–Crippen MR) is 86.1 cm³/mol. The van der Waals surface area contributed by atoms with Gasteiger partial charge in [0.25, 0.3) is 0 Å². The van der Waals surface area contributed by atoms with Gasteiger partial charge >= 0.3 is 0 Å². The highest BCUT2D eigenvalue weighted by Gasteiger charge is 2.19. The second kappa shape index (κ2) is 7.92. The van der Waals surface area contributed by atoms with E-state index >= 15 is 0 Å². The molecule has 0 aromatic heterocycles. The molecule has 1 aromatic carbocycles. The first-order valence-corrected chi connectivity index (χ1v) is 9.23. The summed E-state index contributed by atoms with van der Waals surface area (Å²) in [6, 6.07) is 6.74. The van der Waals surface area contributed by atoms with Crippen molar-refractivity contribution in [1.29, 1.82) is 0 Å². The number of sulfone groups is 1. The Bertz CT molecular complexity index is 525. The van der Waals surface area contributed by atoms with Crippen LogP contribution >= 0.6 is 0 Å². The Kier molecular flexibility index (Phi) is 6.84. The van der Waals surface area contributed by atoms with Crippen LogP contribution in [0.3, 0.4) is 0 Å². The third kappa shape index (κ3) is 5.09. The van der Waals surface area contributed by atoms with E-state index in [1.54, 1.807) is 19.1 Å². The van der Waals surface area contributed by atoms with Gasteiger partial charge in [-0.15, -0.1) is 0 Å². The molecule has 0 fully saturated rings. The molecule has 0 saturated carbocycles. The van der Waals surface area contributed by atoms with Crippen LogP contribution in [0.1, 0.15) is 51.5 Å². The zero-order valence-electron chi connectivity index (χ0n) is 13.1. The van der Waals surface area contributed by atoms with E-state index in [9.17, 15) is 13.5 Å². The molecule has 0 amide bonds. The Morgan fingerprint density at radius 3 is 2.24 bits per heavy atom. The van der Waals surface area contributed by atoms with E-state index in [0.717, 1.165) is 18.4 Å². The number of aliphatic hydroxyl groups excluding tert-OH is 1. The van der Waals surface area contributed by atoms with Crippen LogP contribution in [-0.2, 0) is 9.84 Å². The molecule has 0 spiro atoms. The summed E-state index contributed by atoms with van der Waals surface area (Å²) in [6.45, 7) is 5.70. The van der Waals surface area contributed by atoms with Crippen molar-refractivity contribution < 1.29 is 13.5 Å². The molecule has 21 heavy (non-hydrogen) atoms. The third-order valence-corrected chi connectivity index (χ3v) is 5.65. The third-order valence-electron chi connectivity index (χ3n) is 3.90. The second-order valence-electron chi connectivity index (χ2n) is 5.63. The number of rotatable bonds is 8. The van der Waals surface area contributed by atoms with E-state index in [1.165, 1.54) is 0 Å². The highest BCUT2D eigenvalue weighted by molar-refractivity contribution is 7.91. The van der Waals surface area contributed by atoms with Crippen LogP contribution in [0.4, 0.5) is 0 Å². The van der Waals surface area contributed by atoms with Gasteiger partial charge in [-0.1, -0.05) is 39.3 Å². The first-order chi connectivity index (χ1) is 9.81. The van der Waals surface area contributed by atoms with Gasteiger partial charge in [-0.3, -0.25) is 0 Å². The van der Waals surface area contributed by atoms with Gasteiger partial charge in [-0.25, -0.2) is 8.42 Å². The summed E-state index contributed by atoms with van der Waals surface area (Å²) >= 11 is 0. The Labute approximate surface area is 128 Å². The van der Waals surface area contributed by atoms with Crippen LogP contribution in [0.5, 0.6) is 0 Å². The molecule has 0 radical (unpaired) electrons. The average Bonchev–Trinajstić information content (AvgIpc) is 2.47. The fraction of sp³-hybridized carbons (Fsp3) is 0.625. The molecule has 0 aliphatic rings. The lowest BCUT2D eigenvalue weighted by atomic mass is 9.91. The van der Waals surface area contributed by atoms with E-state index in [2.05, 4.69) is 0 Å². The Balaban J connectivity index is 2.74. The first-order valence-electron chi connectivity index (χ1n) is 7.58. The fourth-order valence-electron chi connectivity index (χ4n) is 2.37. The van der Waals surface area contributed by atoms with Crippen molar-refractivity contribution in [2.24, 2.45) is 5.73 Å². The lowest BCUT2D eigenvalue weighted by Crippen LogP contribution is -2.35. The van der Waals surface area contributed by atoms with Crippen LogP contribution < -0.4 is 5.73 Å². The molecule has 5 heteroatoms. The molecule has 3 atom stereocenters. The summed E-state index contributed by atoms with van der Waals surface area (Å²) in [6.07, 6.45) is 1.82. The standard InChI is InChI=1S/C16H27NO3S/c1-4-6-15(17)16(18)11-12(3)13-7-9-14(10-8-13)21(19,20)5-2/h7-10,12,15-16,18H,4-6,11,17H2,1-3H3. The van der Waals surface area contributed by atoms with Gasteiger partial charge in [0.05, 0.1) is 16.8 Å². The van der Waals surface area contributed by atoms with Crippen molar-refractivity contribution >= 4 is 9.84 Å². The Morgan fingerprint density at radius 1 is 1.19 bits per heavy atom. The molecule has 1 aromatic rings. The van der Waals surface area contributed by atoms with Crippen molar-refractivity contribution in [1.82, 2.24) is 0 Å². The van der Waals surface area contributed by atoms with E-state index in [0.29, 0.717) is 11.3 Å². The molecule has 0 heterocycles. The van der Waals surface area contributed by atoms with Crippen LogP contribution in [0.2, 0.25) is 0 Å². The minimum absolute atomic E-state index is 0.104. The van der Waals surface area contributed by atoms with E-state index in [4.69, 9.17) is 5.73 Å². The van der Waals surface area contributed by atoms with Gasteiger partial charge in [0.2, 0.25) is 0 Å². The summed E-state index contributed by atoms with van der Waals surface area (Å²) in [5, 5.41) is 10.1. The number of benzene rings is 1. The number of hydrogen-bond donors (Lipinski definition) is 2. The predicted octanol–water partition coefficient (Wildman–Crippen LogP) is 2.46. The summed E-state index contributed by atoms with van der Waals surface area (Å²) in [5.41, 5.74) is 6.95. The Morgan fingerprint density at radius 2 is 1.76 bits per heavy atom. The minimum atomic E-state index is -3.15. The summed E-state index contributed by atoms with van der Waals surface area (Å²) < 4.78 is 23.5. The quantitative estimate of drug-likeness (QED) is 0.772. The van der Waals surface area contributed by atoms with Gasteiger partial charge < -0.3 is 10.8 Å². The lowest BCUT2D eigenvalue weighted by Gasteiger charge is -2.22. The molecule has 3 N–H and O–H groups in total. The second-order valence-corrected chi connectivity index (χ2v) is 7.91. The highest BCUT2D eigenvalue weighted by Crippen LogP contribution is 2.24. The summed E-state index contributed by atoms with van der Waals surface area (Å²) in [7, 11) is -3.15. The summed E-state index contributed by atoms with van der Waals surface area (Å²) in [5.74, 6) is 0.244. The summed E-state index contributed by atoms with van der Waals surface area (Å²) in [4.78, 5) is 0.351. The van der Waals surface area contributed by atoms with Gasteiger partial charge in [-0.05, 0) is 36.5 Å². The smallest absolute Gasteiger partial charge is 0.178 e. The van der Waals surface area contributed by atoms with E-state index in [-0.39, 0.29) is 17.7 Å². The zero-order valence-corrected chi connectivity index (χ0v) is 13.9. The Hall–Kier alpha value is -0.910. The van der Waals surface area contributed by atoms with Crippen molar-refractivity contribution in [3.05, 3.63) is 29.8 Å². The van der Waals surface area contributed by atoms with Gasteiger partial charge in [0.15, 0.2) is 9.84 Å². The van der Waals surface area contributed by atoms with Gasteiger partial charge in [0.1, 0.15) is 0 Å². The molecular formula is C16H27NO3S. The molecule has 0 aliphatic heterocycles. The number of hydrogen-bond acceptors (Lipinski definition) is 4. The van der Waals surface area contributed by atoms with Crippen LogP contribution in [-0.4, -0.2) is 31.4 Å². The molecular weight excluding hydrogens is 286 g/mol. The minimum Gasteiger partial charge on any atom is -0.391 e. The fourth-order valence-corrected chi connectivity index (χ4v) is 3.25. The molecule has 0 aliphatic carbocycles. The van der Waals surface area contributed by atoms with Crippen LogP contribution in [0.15, 0.2) is 29.2 Å². The SMILES string of the molecule is CCCC(N)C(O)CC(C)c1ccc(S(=O)(=O)CC)cc1. The first kappa shape index (κ1) is 18.1. The molecule has 0 saturated heterocycles. The molecule has 3 unspecified atom stereocenters. The van der Waals surface area contributed by atoms with E-state index in [1.807, 2.05) is 26.0 Å². The number of nitrogens with two attached hydrogens (primary N) is 1. The van der Waals surface area contributed by atoms with Crippen molar-refractivity contribution in [3.8, 4) is 0 Å². The van der Waals surface area contributed by atoms with Crippen molar-refractivity contribution in [3.63, 3.8) is 0 Å². The van der Waals surface area contributed by atoms with Crippen molar-refractivity contribution in [2.45, 2.75) is 63.0 Å².